The molecule has 164 valence electrons. The maximum atomic E-state index is 14.5. The van der Waals surface area contributed by atoms with E-state index in [1.807, 2.05) is 33.0 Å². The number of halogens is 2. The van der Waals surface area contributed by atoms with Crippen molar-refractivity contribution in [3.8, 4) is 0 Å². The second-order valence-corrected chi connectivity index (χ2v) is 6.71. The van der Waals surface area contributed by atoms with Crippen LogP contribution in [-0.4, -0.2) is 22.2 Å². The van der Waals surface area contributed by atoms with Gasteiger partial charge in [0.05, 0.1) is 12.1 Å². The zero-order valence-electron chi connectivity index (χ0n) is 17.9. The molecule has 28 heavy (non-hydrogen) atoms. The molecule has 0 spiro atoms. The van der Waals surface area contributed by atoms with E-state index < -0.39 is 17.6 Å². The van der Waals surface area contributed by atoms with Gasteiger partial charge in [-0.15, -0.1) is 0 Å². The van der Waals surface area contributed by atoms with E-state index in [0.717, 1.165) is 38.2 Å². The van der Waals surface area contributed by atoms with Crippen molar-refractivity contribution in [2.75, 3.05) is 6.54 Å². The number of hydrogen-bond donors (Lipinski definition) is 4. The Labute approximate surface area is 174 Å². The Morgan fingerprint density at radius 2 is 1.75 bits per heavy atom. The highest BCUT2D eigenvalue weighted by molar-refractivity contribution is 7.74. The minimum absolute atomic E-state index is 0.171. The van der Waals surface area contributed by atoms with Gasteiger partial charge in [0, 0.05) is 24.0 Å². The smallest absolute Gasteiger partial charge is 0.303 e. The summed E-state index contributed by atoms with van der Waals surface area (Å²) in [5.74, 6) is -1.81. The molecule has 1 atom stereocenters. The number of thiol groups is 1. The van der Waals surface area contributed by atoms with Crippen LogP contribution in [0, 0.1) is 11.6 Å². The fourth-order valence-corrected chi connectivity index (χ4v) is 3.28. The van der Waals surface area contributed by atoms with Crippen molar-refractivity contribution in [2.45, 2.75) is 85.0 Å². The lowest BCUT2D eigenvalue weighted by molar-refractivity contribution is -0.572. The van der Waals surface area contributed by atoms with Crippen molar-refractivity contribution in [1.29, 1.82) is 0 Å². The van der Waals surface area contributed by atoms with Gasteiger partial charge in [0.2, 0.25) is 0 Å². The molecule has 4 N–H and O–H groups in total. The number of hydrogen-bond acceptors (Lipinski definition) is 3. The Bertz CT molecular complexity index is 559. The molecule has 0 saturated carbocycles. The lowest BCUT2D eigenvalue weighted by Crippen LogP contribution is -2.78. The number of carbonyl (C=O) groups is 1. The van der Waals surface area contributed by atoms with E-state index in [1.54, 1.807) is 0 Å². The third kappa shape index (κ3) is 10.4. The number of benzene rings is 1. The molecule has 1 rings (SSSR count). The van der Waals surface area contributed by atoms with Gasteiger partial charge in [-0.3, -0.25) is 4.79 Å². The maximum Gasteiger partial charge on any atom is 0.303 e. The van der Waals surface area contributed by atoms with Crippen LogP contribution in [0.25, 0.3) is 0 Å². The van der Waals surface area contributed by atoms with E-state index in [2.05, 4.69) is 19.8 Å². The Morgan fingerprint density at radius 1 is 1.14 bits per heavy atom. The van der Waals surface area contributed by atoms with Crippen molar-refractivity contribution >= 4 is 24.6 Å². The quantitative estimate of drug-likeness (QED) is 0.160. The molecule has 0 heterocycles. The fraction of sp³-hybridized carbons (Fsp3) is 0.667. The predicted octanol–water partition coefficient (Wildman–Crippen LogP) is 5.69. The zero-order chi connectivity index (χ0) is 22.2. The van der Waals surface area contributed by atoms with Gasteiger partial charge in [-0.25, -0.2) is 8.78 Å². The molecule has 1 unspecified atom stereocenters. The molecule has 0 radical (unpaired) electrons. The number of aliphatic carboxylic acids is 1. The van der Waals surface area contributed by atoms with E-state index >= 15 is 0 Å². The maximum absolute atomic E-state index is 14.5. The molecule has 0 fully saturated rings. The molecular weight excluding hydrogens is 384 g/mol. The van der Waals surface area contributed by atoms with E-state index in [-0.39, 0.29) is 11.8 Å². The van der Waals surface area contributed by atoms with Crippen molar-refractivity contribution in [3.05, 3.63) is 29.3 Å². The highest BCUT2D eigenvalue weighted by Crippen LogP contribution is 2.37. The standard InChI is InChI=1S/C19H29F2NO2.C2H6.H2OS/c1-4-10-19(3,5-2)18-15(21)12-14(20)13-16(18)22-11-8-6-7-9-17(23)24;2*1-2/h12-13,22H,4-11H2,1-3H3,(H,23,24);1-2H3;1-2H/p+1. The van der Waals surface area contributed by atoms with Gasteiger partial charge >= 0.3 is 5.97 Å². The molecular formula is C21H38F2NO3S+. The van der Waals surface area contributed by atoms with Crippen LogP contribution >= 0.6 is 12.9 Å². The van der Waals surface area contributed by atoms with Crippen LogP contribution in [-0.2, 0) is 10.2 Å². The van der Waals surface area contributed by atoms with E-state index in [1.165, 1.54) is 6.07 Å². The molecule has 0 amide bonds. The first-order valence-corrected chi connectivity index (χ1v) is 10.5. The summed E-state index contributed by atoms with van der Waals surface area (Å²) in [6.45, 7) is 10.8. The third-order valence-electron chi connectivity index (χ3n) is 4.73. The second-order valence-electron chi connectivity index (χ2n) is 6.71. The fourth-order valence-electron chi connectivity index (χ4n) is 3.28. The molecule has 4 nitrogen and oxygen atoms in total. The molecule has 1 aromatic carbocycles. The van der Waals surface area contributed by atoms with Gasteiger partial charge in [0.25, 0.3) is 0 Å². The normalized spacial score (nSPS) is 12.2. The molecule has 7 heteroatoms. The van der Waals surface area contributed by atoms with Crippen LogP contribution < -0.4 is 5.32 Å². The second kappa shape index (κ2) is 16.7. The largest absolute Gasteiger partial charge is 0.481 e. The van der Waals surface area contributed by atoms with Crippen LogP contribution in [0.15, 0.2) is 12.1 Å². The predicted molar refractivity (Wildman–Crippen MR) is 114 cm³/mol. The van der Waals surface area contributed by atoms with Gasteiger partial charge in [-0.1, -0.05) is 41.0 Å². The summed E-state index contributed by atoms with van der Waals surface area (Å²) in [4.78, 5) is 10.5. The summed E-state index contributed by atoms with van der Waals surface area (Å²) in [5.41, 5.74) is 0.948. The lowest BCUT2D eigenvalue weighted by Gasteiger charge is -2.29. The molecule has 0 aliphatic carbocycles. The van der Waals surface area contributed by atoms with Crippen molar-refractivity contribution in [3.63, 3.8) is 0 Å². The van der Waals surface area contributed by atoms with Crippen LogP contribution in [0.1, 0.15) is 85.1 Å². The molecule has 0 aliphatic heterocycles. The van der Waals surface area contributed by atoms with E-state index in [0.29, 0.717) is 24.2 Å². The average molecular weight is 423 g/mol. The van der Waals surface area contributed by atoms with Crippen molar-refractivity contribution in [2.24, 2.45) is 0 Å². The van der Waals surface area contributed by atoms with Gasteiger partial charge in [0.1, 0.15) is 17.3 Å². The topological polar surface area (TPSA) is 74.1 Å². The monoisotopic (exact) mass is 422 g/mol. The first-order chi connectivity index (χ1) is 13.3. The van der Waals surface area contributed by atoms with Crippen LogP contribution in [0.3, 0.4) is 0 Å². The number of rotatable bonds is 11. The number of quaternary nitrogens is 1. The Balaban J connectivity index is 0. The minimum Gasteiger partial charge on any atom is -0.481 e. The van der Waals surface area contributed by atoms with Crippen molar-refractivity contribution in [1.82, 2.24) is 0 Å². The summed E-state index contributed by atoms with van der Waals surface area (Å²) in [7, 11) is 0. The Kier molecular flexibility index (Phi) is 17.4. The van der Waals surface area contributed by atoms with Gasteiger partial charge in [-0.2, -0.15) is 0 Å². The Morgan fingerprint density at radius 3 is 2.25 bits per heavy atom. The van der Waals surface area contributed by atoms with Crippen molar-refractivity contribution < 1.29 is 28.6 Å². The minimum atomic E-state index is -0.785. The molecule has 0 aromatic heterocycles. The summed E-state index contributed by atoms with van der Waals surface area (Å²) < 4.78 is 34.9. The summed E-state index contributed by atoms with van der Waals surface area (Å²) >= 11 is 2.53. The number of carboxylic acid groups (broad SMARTS) is 1. The van der Waals surface area contributed by atoms with E-state index in [4.69, 9.17) is 9.66 Å². The first kappa shape index (κ1) is 29.0. The van der Waals surface area contributed by atoms with Gasteiger partial charge in [-0.05, 0) is 45.0 Å². The van der Waals surface area contributed by atoms with Gasteiger partial charge in [0.15, 0.2) is 0 Å². The highest BCUT2D eigenvalue weighted by atomic mass is 32.1. The molecule has 0 aliphatic rings. The SMILES string of the molecule is CC.CCCC(C)(CC)c1c(F)cc(F)cc1[NH2+]CCCCCC(=O)O.OS. The summed E-state index contributed by atoms with van der Waals surface area (Å²) in [6, 6.07) is 2.39. The first-order valence-electron chi connectivity index (χ1n) is 10.1. The number of carboxylic acids is 1. The van der Waals surface area contributed by atoms with Gasteiger partial charge < -0.3 is 15.0 Å². The zero-order valence-corrected chi connectivity index (χ0v) is 18.8. The molecule has 0 bridgehead atoms. The van der Waals surface area contributed by atoms with Crippen LogP contribution in [0.2, 0.25) is 0 Å². The molecule has 1 aromatic rings. The highest BCUT2D eigenvalue weighted by Gasteiger charge is 2.32. The molecule has 0 saturated heterocycles. The van der Waals surface area contributed by atoms with E-state index in [9.17, 15) is 13.6 Å². The van der Waals surface area contributed by atoms with Crippen LogP contribution in [0.5, 0.6) is 0 Å². The average Bonchev–Trinajstić information content (AvgIpc) is 2.67. The Hall–Kier alpha value is -1.18. The third-order valence-corrected chi connectivity index (χ3v) is 4.73. The lowest BCUT2D eigenvalue weighted by atomic mass is 9.75. The summed E-state index contributed by atoms with van der Waals surface area (Å²) in [6.07, 6.45) is 5.02. The number of nitrogens with two attached hydrogens (primary N) is 1. The summed E-state index contributed by atoms with van der Waals surface area (Å²) in [5, 5.41) is 10.5. The number of unbranched alkanes of at least 4 members (excludes halogenated alkanes) is 2. The van der Waals surface area contributed by atoms with Crippen LogP contribution in [0.4, 0.5) is 14.5 Å².